The second-order valence-corrected chi connectivity index (χ2v) is 5.18. The SMILES string of the molecule is CCCNC(C)C(CC)Cc1cccc(Cl)c1. The molecule has 1 rings (SSSR count). The van der Waals surface area contributed by atoms with Crippen LogP contribution in [0.15, 0.2) is 24.3 Å². The van der Waals surface area contributed by atoms with Crippen LogP contribution in [0.3, 0.4) is 0 Å². The van der Waals surface area contributed by atoms with Gasteiger partial charge in [0.05, 0.1) is 0 Å². The van der Waals surface area contributed by atoms with Crippen LogP contribution in [-0.4, -0.2) is 12.6 Å². The third-order valence-corrected chi connectivity index (χ3v) is 3.57. The van der Waals surface area contributed by atoms with E-state index in [1.807, 2.05) is 12.1 Å². The molecule has 0 saturated carbocycles. The summed E-state index contributed by atoms with van der Waals surface area (Å²) in [6.45, 7) is 7.86. The zero-order valence-electron chi connectivity index (χ0n) is 11.2. The molecule has 17 heavy (non-hydrogen) atoms. The first-order valence-corrected chi connectivity index (χ1v) is 7.03. The molecule has 0 spiro atoms. The minimum Gasteiger partial charge on any atom is -0.314 e. The second-order valence-electron chi connectivity index (χ2n) is 4.75. The molecule has 1 aromatic carbocycles. The molecule has 0 bridgehead atoms. The van der Waals surface area contributed by atoms with Crippen LogP contribution in [0.1, 0.15) is 39.2 Å². The van der Waals surface area contributed by atoms with Crippen LogP contribution in [0, 0.1) is 5.92 Å². The third kappa shape index (κ3) is 5.10. The van der Waals surface area contributed by atoms with Gasteiger partial charge in [0.1, 0.15) is 0 Å². The number of halogens is 1. The Morgan fingerprint density at radius 2 is 2.06 bits per heavy atom. The minimum atomic E-state index is 0.568. The maximum atomic E-state index is 6.02. The van der Waals surface area contributed by atoms with Crippen LogP contribution in [-0.2, 0) is 6.42 Å². The molecule has 2 unspecified atom stereocenters. The van der Waals surface area contributed by atoms with Gasteiger partial charge in [-0.1, -0.05) is 44.0 Å². The van der Waals surface area contributed by atoms with Crippen molar-refractivity contribution < 1.29 is 0 Å². The molecule has 0 heterocycles. The lowest BCUT2D eigenvalue weighted by atomic mass is 9.91. The van der Waals surface area contributed by atoms with E-state index in [0.29, 0.717) is 12.0 Å². The van der Waals surface area contributed by atoms with Crippen molar-refractivity contribution in [2.75, 3.05) is 6.54 Å². The summed E-state index contributed by atoms with van der Waals surface area (Å²) in [6.07, 6.45) is 3.50. The molecule has 0 aromatic heterocycles. The summed E-state index contributed by atoms with van der Waals surface area (Å²) in [5.74, 6) is 0.681. The van der Waals surface area contributed by atoms with Crippen molar-refractivity contribution in [3.8, 4) is 0 Å². The Morgan fingerprint density at radius 3 is 2.65 bits per heavy atom. The molecular weight excluding hydrogens is 230 g/mol. The van der Waals surface area contributed by atoms with Crippen molar-refractivity contribution in [2.45, 2.75) is 46.1 Å². The molecule has 0 fully saturated rings. The van der Waals surface area contributed by atoms with Gasteiger partial charge in [-0.05, 0) is 49.9 Å². The molecule has 0 saturated heterocycles. The van der Waals surface area contributed by atoms with E-state index >= 15 is 0 Å². The summed E-state index contributed by atoms with van der Waals surface area (Å²) in [5, 5.41) is 4.42. The summed E-state index contributed by atoms with van der Waals surface area (Å²) >= 11 is 6.02. The van der Waals surface area contributed by atoms with Gasteiger partial charge in [0.2, 0.25) is 0 Å². The Bertz CT molecular complexity index is 324. The van der Waals surface area contributed by atoms with E-state index in [1.165, 1.54) is 18.4 Å². The molecule has 0 aliphatic carbocycles. The number of benzene rings is 1. The van der Waals surface area contributed by atoms with Gasteiger partial charge in [0.25, 0.3) is 0 Å². The normalized spacial score (nSPS) is 14.6. The second kappa shape index (κ2) is 7.73. The molecule has 96 valence electrons. The molecule has 0 amide bonds. The van der Waals surface area contributed by atoms with Crippen LogP contribution in [0.2, 0.25) is 5.02 Å². The maximum absolute atomic E-state index is 6.02. The smallest absolute Gasteiger partial charge is 0.0408 e. The Balaban J connectivity index is 2.56. The first-order chi connectivity index (χ1) is 8.17. The van der Waals surface area contributed by atoms with E-state index in [4.69, 9.17) is 11.6 Å². The molecule has 1 nitrogen and oxygen atoms in total. The number of nitrogens with one attached hydrogen (secondary N) is 1. The van der Waals surface area contributed by atoms with Gasteiger partial charge >= 0.3 is 0 Å². The van der Waals surface area contributed by atoms with E-state index < -0.39 is 0 Å². The lowest BCUT2D eigenvalue weighted by molar-refractivity contribution is 0.362. The standard InChI is InChI=1S/C15H24ClN/c1-4-9-17-12(3)14(5-2)10-13-7-6-8-15(16)11-13/h6-8,11-12,14,17H,4-5,9-10H2,1-3H3. The predicted molar refractivity (Wildman–Crippen MR) is 76.7 cm³/mol. The number of rotatable bonds is 7. The van der Waals surface area contributed by atoms with Crippen LogP contribution in [0.5, 0.6) is 0 Å². The largest absolute Gasteiger partial charge is 0.314 e. The van der Waals surface area contributed by atoms with Crippen molar-refractivity contribution in [3.05, 3.63) is 34.9 Å². The third-order valence-electron chi connectivity index (χ3n) is 3.33. The van der Waals surface area contributed by atoms with Crippen molar-refractivity contribution in [1.82, 2.24) is 5.32 Å². The van der Waals surface area contributed by atoms with Crippen molar-refractivity contribution in [1.29, 1.82) is 0 Å². The van der Waals surface area contributed by atoms with Crippen molar-refractivity contribution in [3.63, 3.8) is 0 Å². The maximum Gasteiger partial charge on any atom is 0.0408 e. The molecule has 2 atom stereocenters. The summed E-state index contributed by atoms with van der Waals surface area (Å²) < 4.78 is 0. The lowest BCUT2D eigenvalue weighted by Gasteiger charge is -2.24. The highest BCUT2D eigenvalue weighted by Gasteiger charge is 2.15. The molecule has 1 aromatic rings. The summed E-state index contributed by atoms with van der Waals surface area (Å²) in [4.78, 5) is 0. The Kier molecular flexibility index (Phi) is 6.61. The van der Waals surface area contributed by atoms with Crippen LogP contribution >= 0.6 is 11.6 Å². The van der Waals surface area contributed by atoms with Crippen molar-refractivity contribution in [2.24, 2.45) is 5.92 Å². The Morgan fingerprint density at radius 1 is 1.29 bits per heavy atom. The first-order valence-electron chi connectivity index (χ1n) is 6.65. The van der Waals surface area contributed by atoms with Crippen LogP contribution in [0.4, 0.5) is 0 Å². The van der Waals surface area contributed by atoms with E-state index in [2.05, 4.69) is 38.2 Å². The highest BCUT2D eigenvalue weighted by molar-refractivity contribution is 6.30. The zero-order valence-corrected chi connectivity index (χ0v) is 11.9. The van der Waals surface area contributed by atoms with Crippen LogP contribution in [0.25, 0.3) is 0 Å². The molecular formula is C15H24ClN. The molecule has 0 aliphatic heterocycles. The van der Waals surface area contributed by atoms with Gasteiger partial charge in [0.15, 0.2) is 0 Å². The van der Waals surface area contributed by atoms with Gasteiger partial charge in [-0.15, -0.1) is 0 Å². The highest BCUT2D eigenvalue weighted by atomic mass is 35.5. The van der Waals surface area contributed by atoms with Gasteiger partial charge in [-0.25, -0.2) is 0 Å². The van der Waals surface area contributed by atoms with Gasteiger partial charge in [0, 0.05) is 11.1 Å². The monoisotopic (exact) mass is 253 g/mol. The first kappa shape index (κ1) is 14.5. The summed E-state index contributed by atoms with van der Waals surface area (Å²) in [6, 6.07) is 8.79. The molecule has 0 aliphatic rings. The van der Waals surface area contributed by atoms with E-state index in [0.717, 1.165) is 18.0 Å². The average molecular weight is 254 g/mol. The highest BCUT2D eigenvalue weighted by Crippen LogP contribution is 2.19. The quantitative estimate of drug-likeness (QED) is 0.764. The Hall–Kier alpha value is -0.530. The topological polar surface area (TPSA) is 12.0 Å². The number of hydrogen-bond acceptors (Lipinski definition) is 1. The fraction of sp³-hybridized carbons (Fsp3) is 0.600. The van der Waals surface area contributed by atoms with E-state index in [9.17, 15) is 0 Å². The van der Waals surface area contributed by atoms with E-state index in [-0.39, 0.29) is 0 Å². The zero-order chi connectivity index (χ0) is 12.7. The van der Waals surface area contributed by atoms with Crippen molar-refractivity contribution >= 4 is 11.6 Å². The molecule has 2 heteroatoms. The van der Waals surface area contributed by atoms with Gasteiger partial charge in [-0.2, -0.15) is 0 Å². The minimum absolute atomic E-state index is 0.568. The van der Waals surface area contributed by atoms with Crippen LogP contribution < -0.4 is 5.32 Å². The summed E-state index contributed by atoms with van der Waals surface area (Å²) in [7, 11) is 0. The molecule has 1 N–H and O–H groups in total. The van der Waals surface area contributed by atoms with Gasteiger partial charge < -0.3 is 5.32 Å². The average Bonchev–Trinajstić information content (AvgIpc) is 2.33. The molecule has 0 radical (unpaired) electrons. The fourth-order valence-electron chi connectivity index (χ4n) is 2.18. The Labute approximate surface area is 111 Å². The van der Waals surface area contributed by atoms with E-state index in [1.54, 1.807) is 0 Å². The van der Waals surface area contributed by atoms with Gasteiger partial charge in [-0.3, -0.25) is 0 Å². The summed E-state index contributed by atoms with van der Waals surface area (Å²) in [5.41, 5.74) is 1.34. The lowest BCUT2D eigenvalue weighted by Crippen LogP contribution is -2.34. The predicted octanol–water partition coefficient (Wildman–Crippen LogP) is 4.30. The fourth-order valence-corrected chi connectivity index (χ4v) is 2.39. The number of hydrogen-bond donors (Lipinski definition) is 1.